The lowest BCUT2D eigenvalue weighted by Gasteiger charge is -1.87. The van der Waals surface area contributed by atoms with Crippen LogP contribution in [0.3, 0.4) is 0 Å². The standard InChI is InChI=1S/C4H2BrIN2/c5-4-3(6)1-7-2-8-4/h1-2H. The predicted octanol–water partition coefficient (Wildman–Crippen LogP) is 1.84. The van der Waals surface area contributed by atoms with Crippen molar-refractivity contribution in [2.45, 2.75) is 0 Å². The summed E-state index contributed by atoms with van der Waals surface area (Å²) >= 11 is 5.39. The highest BCUT2D eigenvalue weighted by Crippen LogP contribution is 2.12. The fraction of sp³-hybridized carbons (Fsp3) is 0. The van der Waals surface area contributed by atoms with E-state index < -0.39 is 0 Å². The van der Waals surface area contributed by atoms with Crippen LogP contribution < -0.4 is 0 Å². The summed E-state index contributed by atoms with van der Waals surface area (Å²) in [6, 6.07) is 0. The van der Waals surface area contributed by atoms with Crippen molar-refractivity contribution in [1.82, 2.24) is 9.97 Å². The van der Waals surface area contributed by atoms with Crippen LogP contribution >= 0.6 is 38.5 Å². The van der Waals surface area contributed by atoms with Gasteiger partial charge < -0.3 is 0 Å². The van der Waals surface area contributed by atoms with E-state index in [2.05, 4.69) is 48.5 Å². The van der Waals surface area contributed by atoms with E-state index in [4.69, 9.17) is 0 Å². The maximum absolute atomic E-state index is 3.88. The van der Waals surface area contributed by atoms with E-state index in [1.807, 2.05) is 0 Å². The van der Waals surface area contributed by atoms with Gasteiger partial charge in [-0.3, -0.25) is 0 Å². The second-order valence-electron chi connectivity index (χ2n) is 1.16. The molecular formula is C4H2BrIN2. The molecule has 0 saturated carbocycles. The Morgan fingerprint density at radius 2 is 2.38 bits per heavy atom. The number of rotatable bonds is 0. The molecule has 0 N–H and O–H groups in total. The highest BCUT2D eigenvalue weighted by molar-refractivity contribution is 14.1. The van der Waals surface area contributed by atoms with Crippen molar-refractivity contribution in [2.75, 3.05) is 0 Å². The minimum absolute atomic E-state index is 0.855. The molecule has 0 spiro atoms. The lowest BCUT2D eigenvalue weighted by molar-refractivity contribution is 1.12. The van der Waals surface area contributed by atoms with Crippen molar-refractivity contribution in [3.05, 3.63) is 20.7 Å². The van der Waals surface area contributed by atoms with E-state index >= 15 is 0 Å². The second kappa shape index (κ2) is 2.72. The number of aromatic nitrogens is 2. The lowest BCUT2D eigenvalue weighted by atomic mass is 10.7. The summed E-state index contributed by atoms with van der Waals surface area (Å²) in [7, 11) is 0. The first kappa shape index (κ1) is 6.41. The molecule has 0 fully saturated rings. The maximum atomic E-state index is 3.88. The smallest absolute Gasteiger partial charge is 0.122 e. The van der Waals surface area contributed by atoms with Crippen LogP contribution in [0.15, 0.2) is 17.1 Å². The molecule has 0 saturated heterocycles. The monoisotopic (exact) mass is 284 g/mol. The van der Waals surface area contributed by atoms with Crippen molar-refractivity contribution in [3.63, 3.8) is 0 Å². The van der Waals surface area contributed by atoms with E-state index in [-0.39, 0.29) is 0 Å². The van der Waals surface area contributed by atoms with Crippen molar-refractivity contribution in [1.29, 1.82) is 0 Å². The van der Waals surface area contributed by atoms with E-state index in [9.17, 15) is 0 Å². The molecule has 0 aliphatic rings. The molecule has 2 nitrogen and oxygen atoms in total. The first-order valence-electron chi connectivity index (χ1n) is 1.91. The van der Waals surface area contributed by atoms with Crippen LogP contribution in [0, 0.1) is 3.57 Å². The van der Waals surface area contributed by atoms with Crippen LogP contribution in [0.25, 0.3) is 0 Å². The van der Waals surface area contributed by atoms with E-state index in [0.717, 1.165) is 8.17 Å². The van der Waals surface area contributed by atoms with Gasteiger partial charge in [0.05, 0.1) is 3.57 Å². The Bertz CT molecular complexity index is 170. The van der Waals surface area contributed by atoms with Gasteiger partial charge in [0, 0.05) is 6.20 Å². The SMILES string of the molecule is Brc1ncncc1I. The summed E-state index contributed by atoms with van der Waals surface area (Å²) < 4.78 is 1.89. The first-order valence-corrected chi connectivity index (χ1v) is 3.79. The Balaban J connectivity index is 3.13. The molecule has 4 heteroatoms. The minimum atomic E-state index is 0.855. The highest BCUT2D eigenvalue weighted by Gasteiger charge is 1.91. The Kier molecular flexibility index (Phi) is 2.18. The van der Waals surface area contributed by atoms with Gasteiger partial charge >= 0.3 is 0 Å². The van der Waals surface area contributed by atoms with Gasteiger partial charge in [-0.2, -0.15) is 0 Å². The van der Waals surface area contributed by atoms with Gasteiger partial charge in [0.1, 0.15) is 10.9 Å². The summed E-state index contributed by atoms with van der Waals surface area (Å²) in [6.07, 6.45) is 3.25. The molecule has 0 amide bonds. The zero-order valence-corrected chi connectivity index (χ0v) is 7.55. The van der Waals surface area contributed by atoms with Crippen LogP contribution in [-0.4, -0.2) is 9.97 Å². The van der Waals surface area contributed by atoms with Gasteiger partial charge in [-0.25, -0.2) is 9.97 Å². The average Bonchev–Trinajstić information content (AvgIpc) is 1.77. The number of hydrogen-bond donors (Lipinski definition) is 0. The van der Waals surface area contributed by atoms with Gasteiger partial charge in [0.2, 0.25) is 0 Å². The zero-order chi connectivity index (χ0) is 5.98. The molecule has 0 radical (unpaired) electrons. The largest absolute Gasteiger partial charge is 0.244 e. The average molecular weight is 285 g/mol. The second-order valence-corrected chi connectivity index (χ2v) is 3.07. The summed E-state index contributed by atoms with van der Waals surface area (Å²) in [5.41, 5.74) is 0. The Morgan fingerprint density at radius 3 is 2.75 bits per heavy atom. The summed E-state index contributed by atoms with van der Waals surface area (Å²) in [5, 5.41) is 0. The third-order valence-electron chi connectivity index (χ3n) is 0.623. The lowest BCUT2D eigenvalue weighted by Crippen LogP contribution is -1.80. The van der Waals surface area contributed by atoms with Gasteiger partial charge in [-0.05, 0) is 38.5 Å². The molecule has 0 aliphatic carbocycles. The van der Waals surface area contributed by atoms with Crippen molar-refractivity contribution in [2.24, 2.45) is 0 Å². The number of hydrogen-bond acceptors (Lipinski definition) is 2. The van der Waals surface area contributed by atoms with Crippen LogP contribution in [-0.2, 0) is 0 Å². The summed E-state index contributed by atoms with van der Waals surface area (Å²) in [6.45, 7) is 0. The van der Waals surface area contributed by atoms with Crippen LogP contribution in [0.1, 0.15) is 0 Å². The Hall–Kier alpha value is 0.290. The summed E-state index contributed by atoms with van der Waals surface area (Å²) in [5.74, 6) is 0. The van der Waals surface area contributed by atoms with Crippen LogP contribution in [0.4, 0.5) is 0 Å². The topological polar surface area (TPSA) is 25.8 Å². The zero-order valence-electron chi connectivity index (χ0n) is 3.81. The van der Waals surface area contributed by atoms with E-state index in [1.54, 1.807) is 6.20 Å². The Labute approximate surface area is 69.0 Å². The quantitative estimate of drug-likeness (QED) is 0.537. The van der Waals surface area contributed by atoms with Crippen molar-refractivity contribution >= 4 is 38.5 Å². The molecular weight excluding hydrogens is 283 g/mol. The molecule has 1 rings (SSSR count). The number of nitrogens with zero attached hydrogens (tertiary/aromatic N) is 2. The molecule has 0 unspecified atom stereocenters. The highest BCUT2D eigenvalue weighted by atomic mass is 127. The molecule has 1 aromatic heterocycles. The molecule has 0 aromatic carbocycles. The molecule has 0 atom stereocenters. The first-order chi connectivity index (χ1) is 3.80. The third kappa shape index (κ3) is 1.38. The predicted molar refractivity (Wildman–Crippen MR) is 42.4 cm³/mol. The minimum Gasteiger partial charge on any atom is -0.244 e. The fourth-order valence-corrected chi connectivity index (χ4v) is 0.792. The van der Waals surface area contributed by atoms with Crippen LogP contribution in [0.2, 0.25) is 0 Å². The fourth-order valence-electron chi connectivity index (χ4n) is 0.298. The molecule has 1 aromatic rings. The van der Waals surface area contributed by atoms with Crippen molar-refractivity contribution < 1.29 is 0 Å². The third-order valence-corrected chi connectivity index (χ3v) is 2.79. The van der Waals surface area contributed by atoms with Gasteiger partial charge in [0.15, 0.2) is 0 Å². The number of halogens is 2. The summed E-state index contributed by atoms with van der Waals surface area (Å²) in [4.78, 5) is 7.67. The Morgan fingerprint density at radius 1 is 1.62 bits per heavy atom. The van der Waals surface area contributed by atoms with Crippen molar-refractivity contribution in [3.8, 4) is 0 Å². The van der Waals surface area contributed by atoms with Gasteiger partial charge in [0.25, 0.3) is 0 Å². The molecule has 0 bridgehead atoms. The van der Waals surface area contributed by atoms with Gasteiger partial charge in [-0.1, -0.05) is 0 Å². The molecule has 0 aliphatic heterocycles. The molecule has 8 heavy (non-hydrogen) atoms. The normalized spacial score (nSPS) is 9.25. The molecule has 1 heterocycles. The van der Waals surface area contributed by atoms with Gasteiger partial charge in [-0.15, -0.1) is 0 Å². The molecule has 42 valence electrons. The van der Waals surface area contributed by atoms with Crippen LogP contribution in [0.5, 0.6) is 0 Å². The maximum Gasteiger partial charge on any atom is 0.122 e. The van der Waals surface area contributed by atoms with E-state index in [0.29, 0.717) is 0 Å². The van der Waals surface area contributed by atoms with E-state index in [1.165, 1.54) is 6.33 Å².